The number of aliphatic imine (C=N–C) groups is 2. The van der Waals surface area contributed by atoms with Crippen LogP contribution in [0.15, 0.2) is 58.5 Å². The molecule has 9 N–H and O–H groups in total. The Kier molecular flexibility index (Phi) is 6.88. The number of nitrogens with zero attached hydrogens (tertiary/aromatic N) is 2. The van der Waals surface area contributed by atoms with Gasteiger partial charge in [0.2, 0.25) is 0 Å². The van der Waals surface area contributed by atoms with Crippen LogP contribution in [0.25, 0.3) is 20.5 Å². The smallest absolute Gasteiger partial charge is 0.189 e. The minimum absolute atomic E-state index is 0.0104. The lowest BCUT2D eigenvalue weighted by atomic mass is 10.1. The Morgan fingerprint density at radius 1 is 0.966 bits per heavy atom. The van der Waals surface area contributed by atoms with Crippen LogP contribution >= 0.6 is 11.3 Å². The van der Waals surface area contributed by atoms with Gasteiger partial charge in [-0.05, 0) is 41.3 Å². The summed E-state index contributed by atoms with van der Waals surface area (Å²) in [5.74, 6) is 0.790. The van der Waals surface area contributed by atoms with Crippen LogP contribution in [-0.4, -0.2) is 31.7 Å². The van der Waals surface area contributed by atoms with E-state index in [0.29, 0.717) is 25.4 Å². The minimum atomic E-state index is -0.0104. The Labute approximate surface area is 173 Å². The van der Waals surface area contributed by atoms with Crippen molar-refractivity contribution in [3.05, 3.63) is 54.1 Å². The molecule has 0 bridgehead atoms. The lowest BCUT2D eigenvalue weighted by Gasteiger charge is -2.12. The number of guanidine groups is 2. The van der Waals surface area contributed by atoms with Crippen molar-refractivity contribution in [1.29, 1.82) is 0 Å². The monoisotopic (exact) mass is 411 g/mol. The third-order valence-corrected chi connectivity index (χ3v) is 5.30. The van der Waals surface area contributed by atoms with E-state index in [4.69, 9.17) is 27.7 Å². The summed E-state index contributed by atoms with van der Waals surface area (Å²) in [6.07, 6.45) is 0. The SMILES string of the molecule is NC(N)=NCCNCc1cc(-c2cc3ccccc3s2)ccc1OCN=C(N)N. The summed E-state index contributed by atoms with van der Waals surface area (Å²) in [4.78, 5) is 9.05. The maximum Gasteiger partial charge on any atom is 0.189 e. The van der Waals surface area contributed by atoms with Crippen LogP contribution in [-0.2, 0) is 6.54 Å². The molecule has 0 saturated heterocycles. The molecule has 0 aliphatic carbocycles. The van der Waals surface area contributed by atoms with Gasteiger partial charge in [0.05, 0.1) is 6.54 Å². The molecule has 1 heterocycles. The summed E-state index contributed by atoms with van der Waals surface area (Å²) < 4.78 is 7.00. The van der Waals surface area contributed by atoms with E-state index in [1.165, 1.54) is 15.0 Å². The number of hydrogen-bond donors (Lipinski definition) is 5. The van der Waals surface area contributed by atoms with E-state index in [1.807, 2.05) is 18.2 Å². The van der Waals surface area contributed by atoms with Crippen molar-refractivity contribution >= 4 is 33.3 Å². The molecule has 0 aliphatic heterocycles. The van der Waals surface area contributed by atoms with E-state index in [2.05, 4.69) is 45.6 Å². The Morgan fingerprint density at radius 2 is 1.76 bits per heavy atom. The molecule has 0 atom stereocenters. The zero-order valence-corrected chi connectivity index (χ0v) is 16.8. The molecule has 0 aliphatic rings. The summed E-state index contributed by atoms with van der Waals surface area (Å²) in [5, 5.41) is 4.56. The van der Waals surface area contributed by atoms with Crippen molar-refractivity contribution in [2.75, 3.05) is 19.8 Å². The normalized spacial score (nSPS) is 10.6. The van der Waals surface area contributed by atoms with Gasteiger partial charge >= 0.3 is 0 Å². The largest absolute Gasteiger partial charge is 0.471 e. The number of nitrogens with two attached hydrogens (primary N) is 4. The maximum absolute atomic E-state index is 5.74. The molecule has 9 heteroatoms. The number of hydrogen-bond acceptors (Lipinski definition) is 5. The van der Waals surface area contributed by atoms with Crippen LogP contribution in [0, 0.1) is 0 Å². The zero-order chi connectivity index (χ0) is 20.6. The molecule has 8 nitrogen and oxygen atoms in total. The molecule has 0 amide bonds. The van der Waals surface area contributed by atoms with Gasteiger partial charge in [0.25, 0.3) is 0 Å². The molecule has 152 valence electrons. The molecule has 0 radical (unpaired) electrons. The molecular formula is C20H25N7OS. The van der Waals surface area contributed by atoms with Crippen LogP contribution in [0.5, 0.6) is 5.75 Å². The molecule has 2 aromatic carbocycles. The lowest BCUT2D eigenvalue weighted by Crippen LogP contribution is -2.25. The highest BCUT2D eigenvalue weighted by atomic mass is 32.1. The fourth-order valence-corrected chi connectivity index (χ4v) is 3.86. The summed E-state index contributed by atoms with van der Waals surface area (Å²) in [6.45, 7) is 1.79. The molecule has 0 unspecified atom stereocenters. The van der Waals surface area contributed by atoms with Gasteiger partial charge in [0, 0.05) is 28.2 Å². The van der Waals surface area contributed by atoms with Crippen LogP contribution < -0.4 is 33.0 Å². The molecule has 0 saturated carbocycles. The van der Waals surface area contributed by atoms with Gasteiger partial charge in [-0.25, -0.2) is 4.99 Å². The second-order valence-corrected chi connectivity index (χ2v) is 7.39. The average Bonchev–Trinajstić information content (AvgIpc) is 3.12. The minimum Gasteiger partial charge on any atom is -0.471 e. The van der Waals surface area contributed by atoms with E-state index in [0.717, 1.165) is 11.1 Å². The van der Waals surface area contributed by atoms with Crippen molar-refractivity contribution in [2.24, 2.45) is 32.9 Å². The number of ether oxygens (including phenoxy) is 1. The third-order valence-electron chi connectivity index (χ3n) is 4.14. The average molecular weight is 412 g/mol. The fraction of sp³-hybridized carbons (Fsp3) is 0.200. The second-order valence-electron chi connectivity index (χ2n) is 6.31. The quantitative estimate of drug-likeness (QED) is 0.205. The first-order valence-corrected chi connectivity index (χ1v) is 9.91. The molecular weight excluding hydrogens is 386 g/mol. The number of nitrogens with one attached hydrogen (secondary N) is 1. The van der Waals surface area contributed by atoms with Crippen LogP contribution in [0.1, 0.15) is 5.56 Å². The lowest BCUT2D eigenvalue weighted by molar-refractivity contribution is 0.326. The van der Waals surface area contributed by atoms with Gasteiger partial charge in [0.1, 0.15) is 5.75 Å². The van der Waals surface area contributed by atoms with Crippen molar-refractivity contribution < 1.29 is 4.74 Å². The summed E-state index contributed by atoms with van der Waals surface area (Å²) in [5.41, 5.74) is 23.6. The van der Waals surface area contributed by atoms with Crippen molar-refractivity contribution in [3.63, 3.8) is 0 Å². The summed E-state index contributed by atoms with van der Waals surface area (Å²) in [7, 11) is 0. The van der Waals surface area contributed by atoms with E-state index in [1.54, 1.807) is 11.3 Å². The van der Waals surface area contributed by atoms with E-state index in [-0.39, 0.29) is 18.6 Å². The predicted octanol–water partition coefficient (Wildman–Crippen LogP) is 1.54. The van der Waals surface area contributed by atoms with Crippen molar-refractivity contribution in [3.8, 4) is 16.2 Å². The van der Waals surface area contributed by atoms with Gasteiger partial charge in [-0.15, -0.1) is 11.3 Å². The van der Waals surface area contributed by atoms with E-state index < -0.39 is 0 Å². The van der Waals surface area contributed by atoms with Crippen LogP contribution in [0.4, 0.5) is 0 Å². The van der Waals surface area contributed by atoms with E-state index in [9.17, 15) is 0 Å². The van der Waals surface area contributed by atoms with Crippen LogP contribution in [0.2, 0.25) is 0 Å². The highest BCUT2D eigenvalue weighted by molar-refractivity contribution is 7.22. The second kappa shape index (κ2) is 9.76. The van der Waals surface area contributed by atoms with Crippen LogP contribution in [0.3, 0.4) is 0 Å². The predicted molar refractivity (Wildman–Crippen MR) is 121 cm³/mol. The molecule has 3 aromatic rings. The first-order valence-electron chi connectivity index (χ1n) is 9.09. The first-order chi connectivity index (χ1) is 14.0. The highest BCUT2D eigenvalue weighted by Gasteiger charge is 2.09. The number of rotatable bonds is 9. The maximum atomic E-state index is 5.74. The Bertz CT molecular complexity index is 988. The molecule has 0 fully saturated rings. The van der Waals surface area contributed by atoms with Crippen molar-refractivity contribution in [1.82, 2.24) is 5.32 Å². The molecule has 29 heavy (non-hydrogen) atoms. The molecule has 1 aromatic heterocycles. The number of benzene rings is 2. The molecule has 0 spiro atoms. The zero-order valence-electron chi connectivity index (χ0n) is 16.0. The van der Waals surface area contributed by atoms with Gasteiger partial charge in [-0.3, -0.25) is 4.99 Å². The topological polar surface area (TPSA) is 150 Å². The van der Waals surface area contributed by atoms with Gasteiger partial charge in [-0.1, -0.05) is 18.2 Å². The first kappa shape index (κ1) is 20.4. The standard InChI is InChI=1S/C20H25N7OS/c21-19(22)26-8-7-25-11-15-9-14(5-6-16(15)28-12-27-20(23)24)18-10-13-3-1-2-4-17(13)29-18/h1-6,9-10,25H,7-8,11-12H2,(H4,21,22,26)(H4,23,24,27). The van der Waals surface area contributed by atoms with Crippen molar-refractivity contribution in [2.45, 2.75) is 6.54 Å². The highest BCUT2D eigenvalue weighted by Crippen LogP contribution is 2.35. The number of fused-ring (bicyclic) bond motifs is 1. The number of thiophene rings is 1. The molecule has 3 rings (SSSR count). The summed E-state index contributed by atoms with van der Waals surface area (Å²) in [6, 6.07) is 16.6. The Balaban J connectivity index is 1.80. The third kappa shape index (κ3) is 5.84. The van der Waals surface area contributed by atoms with Gasteiger partial charge in [-0.2, -0.15) is 0 Å². The Morgan fingerprint density at radius 3 is 2.52 bits per heavy atom. The summed E-state index contributed by atoms with van der Waals surface area (Å²) >= 11 is 1.76. The van der Waals surface area contributed by atoms with E-state index >= 15 is 0 Å². The van der Waals surface area contributed by atoms with Gasteiger partial charge < -0.3 is 33.0 Å². The Hall–Kier alpha value is -3.30. The van der Waals surface area contributed by atoms with Gasteiger partial charge in [0.15, 0.2) is 18.6 Å². The fourth-order valence-electron chi connectivity index (χ4n) is 2.80.